The summed E-state index contributed by atoms with van der Waals surface area (Å²) >= 11 is 0. The standard InChI is InChI=1S/C21H20F2N2O/c1-13-4-7-17(8-5-13)24-21(26)20-14(2)10-15(3)25(20)12-16-6-9-18(22)19(23)11-16/h4-11H,12H2,1-3H3,(H,24,26). The van der Waals surface area contributed by atoms with Crippen molar-refractivity contribution in [2.24, 2.45) is 0 Å². The Labute approximate surface area is 151 Å². The van der Waals surface area contributed by atoms with E-state index < -0.39 is 11.6 Å². The summed E-state index contributed by atoms with van der Waals surface area (Å²) in [5.74, 6) is -2.01. The third-order valence-corrected chi connectivity index (χ3v) is 4.34. The van der Waals surface area contributed by atoms with Gasteiger partial charge in [-0.3, -0.25) is 4.79 Å². The van der Waals surface area contributed by atoms with E-state index >= 15 is 0 Å². The molecule has 0 spiro atoms. The summed E-state index contributed by atoms with van der Waals surface area (Å²) in [6.07, 6.45) is 0. The molecule has 0 bridgehead atoms. The summed E-state index contributed by atoms with van der Waals surface area (Å²) in [6.45, 7) is 6.01. The molecule has 0 aliphatic rings. The van der Waals surface area contributed by atoms with Crippen molar-refractivity contribution in [3.63, 3.8) is 0 Å². The second kappa shape index (κ2) is 7.12. The van der Waals surface area contributed by atoms with E-state index in [9.17, 15) is 13.6 Å². The molecule has 0 fully saturated rings. The van der Waals surface area contributed by atoms with E-state index in [-0.39, 0.29) is 12.5 Å². The van der Waals surface area contributed by atoms with Gasteiger partial charge in [0.05, 0.1) is 0 Å². The minimum atomic E-state index is -0.894. The molecule has 0 saturated heterocycles. The third-order valence-electron chi connectivity index (χ3n) is 4.34. The first-order chi connectivity index (χ1) is 12.3. The van der Waals surface area contributed by atoms with Crippen molar-refractivity contribution >= 4 is 11.6 Å². The molecule has 1 aromatic heterocycles. The molecule has 0 unspecified atom stereocenters. The zero-order valence-electron chi connectivity index (χ0n) is 14.9. The first-order valence-corrected chi connectivity index (χ1v) is 8.34. The fraction of sp³-hybridized carbons (Fsp3) is 0.190. The quantitative estimate of drug-likeness (QED) is 0.703. The Morgan fingerprint density at radius 1 is 0.962 bits per heavy atom. The number of aryl methyl sites for hydroxylation is 3. The summed E-state index contributed by atoms with van der Waals surface area (Å²) in [4.78, 5) is 12.8. The largest absolute Gasteiger partial charge is 0.336 e. The average molecular weight is 354 g/mol. The van der Waals surface area contributed by atoms with Crippen LogP contribution in [0.15, 0.2) is 48.5 Å². The van der Waals surface area contributed by atoms with Crippen molar-refractivity contribution in [3.05, 3.63) is 88.2 Å². The smallest absolute Gasteiger partial charge is 0.272 e. The monoisotopic (exact) mass is 354 g/mol. The number of nitrogens with zero attached hydrogens (tertiary/aromatic N) is 1. The van der Waals surface area contributed by atoms with Gasteiger partial charge in [-0.2, -0.15) is 0 Å². The summed E-state index contributed by atoms with van der Waals surface area (Å²) in [5.41, 5.74) is 4.62. The number of carbonyl (C=O) groups is 1. The van der Waals surface area contributed by atoms with E-state index in [2.05, 4.69) is 5.32 Å². The highest BCUT2D eigenvalue weighted by atomic mass is 19.2. The van der Waals surface area contributed by atoms with E-state index in [4.69, 9.17) is 0 Å². The molecule has 0 atom stereocenters. The van der Waals surface area contributed by atoms with Crippen molar-refractivity contribution < 1.29 is 13.6 Å². The van der Waals surface area contributed by atoms with Gasteiger partial charge in [0.2, 0.25) is 0 Å². The van der Waals surface area contributed by atoms with Crippen molar-refractivity contribution in [2.45, 2.75) is 27.3 Å². The van der Waals surface area contributed by atoms with Crippen LogP contribution in [0.4, 0.5) is 14.5 Å². The predicted molar refractivity (Wildman–Crippen MR) is 98.5 cm³/mol. The van der Waals surface area contributed by atoms with Gasteiger partial charge in [0.15, 0.2) is 11.6 Å². The Morgan fingerprint density at radius 3 is 2.31 bits per heavy atom. The minimum Gasteiger partial charge on any atom is -0.336 e. The van der Waals surface area contributed by atoms with Gasteiger partial charge in [0.25, 0.3) is 5.91 Å². The Kier molecular flexibility index (Phi) is 4.89. The molecule has 2 aromatic carbocycles. The van der Waals surface area contributed by atoms with Gasteiger partial charge in [-0.1, -0.05) is 23.8 Å². The molecule has 1 N–H and O–H groups in total. The van der Waals surface area contributed by atoms with Crippen molar-refractivity contribution in [1.82, 2.24) is 4.57 Å². The lowest BCUT2D eigenvalue weighted by Gasteiger charge is -2.13. The van der Waals surface area contributed by atoms with Gasteiger partial charge >= 0.3 is 0 Å². The van der Waals surface area contributed by atoms with Gasteiger partial charge in [-0.25, -0.2) is 8.78 Å². The van der Waals surface area contributed by atoms with E-state index in [1.165, 1.54) is 6.07 Å². The number of hydrogen-bond donors (Lipinski definition) is 1. The van der Waals surface area contributed by atoms with Gasteiger partial charge < -0.3 is 9.88 Å². The summed E-state index contributed by atoms with van der Waals surface area (Å²) in [7, 11) is 0. The first kappa shape index (κ1) is 17.9. The second-order valence-electron chi connectivity index (χ2n) is 6.47. The summed E-state index contributed by atoms with van der Waals surface area (Å²) in [5, 5.41) is 2.89. The normalized spacial score (nSPS) is 10.8. The molecule has 0 aliphatic heterocycles. The number of hydrogen-bond acceptors (Lipinski definition) is 1. The van der Waals surface area contributed by atoms with E-state index in [1.54, 1.807) is 0 Å². The lowest BCUT2D eigenvalue weighted by molar-refractivity contribution is 0.101. The molecule has 134 valence electrons. The van der Waals surface area contributed by atoms with Crippen molar-refractivity contribution in [1.29, 1.82) is 0 Å². The predicted octanol–water partition coefficient (Wildman–Crippen LogP) is 4.99. The molecule has 0 radical (unpaired) electrons. The maximum Gasteiger partial charge on any atom is 0.272 e. The van der Waals surface area contributed by atoms with Crippen molar-refractivity contribution in [3.8, 4) is 0 Å². The molecular formula is C21H20F2N2O. The molecule has 3 aromatic rings. The van der Waals surface area contributed by atoms with Crippen LogP contribution >= 0.6 is 0 Å². The van der Waals surface area contributed by atoms with Crippen LogP contribution in [-0.2, 0) is 6.54 Å². The number of nitrogens with one attached hydrogen (secondary N) is 1. The number of benzene rings is 2. The van der Waals surface area contributed by atoms with Crippen LogP contribution in [-0.4, -0.2) is 10.5 Å². The highest BCUT2D eigenvalue weighted by Gasteiger charge is 2.18. The van der Waals surface area contributed by atoms with Crippen LogP contribution in [0, 0.1) is 32.4 Å². The number of amides is 1. The maximum absolute atomic E-state index is 13.5. The Hall–Kier alpha value is -2.95. The number of anilines is 1. The second-order valence-corrected chi connectivity index (χ2v) is 6.47. The van der Waals surface area contributed by atoms with Gasteiger partial charge in [0, 0.05) is 17.9 Å². The Morgan fingerprint density at radius 2 is 1.65 bits per heavy atom. The molecule has 26 heavy (non-hydrogen) atoms. The lowest BCUT2D eigenvalue weighted by Crippen LogP contribution is -2.19. The number of aromatic nitrogens is 1. The lowest BCUT2D eigenvalue weighted by atomic mass is 10.2. The molecule has 0 aliphatic carbocycles. The van der Waals surface area contributed by atoms with Crippen LogP contribution in [0.1, 0.15) is 32.9 Å². The molecule has 0 saturated carbocycles. The van der Waals surface area contributed by atoms with Crippen LogP contribution < -0.4 is 5.32 Å². The molecule has 3 nitrogen and oxygen atoms in total. The Bertz CT molecular complexity index is 959. The van der Waals surface area contributed by atoms with Gasteiger partial charge in [0.1, 0.15) is 5.69 Å². The number of halogens is 2. The summed E-state index contributed by atoms with van der Waals surface area (Å²) < 4.78 is 28.5. The molecule has 5 heteroatoms. The number of carbonyl (C=O) groups excluding carboxylic acids is 1. The molecule has 3 rings (SSSR count). The van der Waals surface area contributed by atoms with E-state index in [0.717, 1.165) is 29.0 Å². The van der Waals surface area contributed by atoms with Gasteiger partial charge in [-0.15, -0.1) is 0 Å². The Balaban J connectivity index is 1.90. The van der Waals surface area contributed by atoms with E-state index in [0.29, 0.717) is 16.9 Å². The van der Waals surface area contributed by atoms with Crippen LogP contribution in [0.3, 0.4) is 0 Å². The van der Waals surface area contributed by atoms with Crippen LogP contribution in [0.25, 0.3) is 0 Å². The average Bonchev–Trinajstić information content (AvgIpc) is 2.87. The first-order valence-electron chi connectivity index (χ1n) is 8.34. The highest BCUT2D eigenvalue weighted by Crippen LogP contribution is 2.20. The number of rotatable bonds is 4. The zero-order chi connectivity index (χ0) is 18.8. The molecule has 1 amide bonds. The third kappa shape index (κ3) is 3.67. The van der Waals surface area contributed by atoms with E-state index in [1.807, 2.05) is 55.7 Å². The van der Waals surface area contributed by atoms with Crippen LogP contribution in [0.5, 0.6) is 0 Å². The van der Waals surface area contributed by atoms with Crippen LogP contribution in [0.2, 0.25) is 0 Å². The topological polar surface area (TPSA) is 34.0 Å². The molecular weight excluding hydrogens is 334 g/mol. The fourth-order valence-electron chi connectivity index (χ4n) is 3.00. The SMILES string of the molecule is Cc1ccc(NC(=O)c2c(C)cc(C)n2Cc2ccc(F)c(F)c2)cc1. The minimum absolute atomic E-state index is 0.234. The maximum atomic E-state index is 13.5. The zero-order valence-corrected chi connectivity index (χ0v) is 14.9. The molecule has 1 heterocycles. The van der Waals surface area contributed by atoms with Crippen molar-refractivity contribution in [2.75, 3.05) is 5.32 Å². The van der Waals surface area contributed by atoms with Gasteiger partial charge in [-0.05, 0) is 62.2 Å². The highest BCUT2D eigenvalue weighted by molar-refractivity contribution is 6.04. The summed E-state index contributed by atoms with van der Waals surface area (Å²) in [6, 6.07) is 13.2. The fourth-order valence-corrected chi connectivity index (χ4v) is 3.00.